The summed E-state index contributed by atoms with van der Waals surface area (Å²) in [5, 5.41) is 15.5. The molecule has 0 radical (unpaired) electrons. The van der Waals surface area contributed by atoms with Crippen molar-refractivity contribution >= 4 is 45.9 Å². The highest BCUT2D eigenvalue weighted by atomic mass is 16.5. The van der Waals surface area contributed by atoms with Gasteiger partial charge in [-0.15, -0.1) is 0 Å². The van der Waals surface area contributed by atoms with Crippen molar-refractivity contribution in [3.63, 3.8) is 0 Å². The number of aromatic nitrogens is 4. The first-order valence-electron chi connectivity index (χ1n) is 17.3. The molecule has 1 aliphatic heterocycles. The second-order valence-electron chi connectivity index (χ2n) is 12.9. The average molecular weight is 713 g/mol. The molecule has 3 heterocycles. The molecule has 0 aliphatic carbocycles. The lowest BCUT2D eigenvalue weighted by molar-refractivity contribution is 0.0302. The van der Waals surface area contributed by atoms with Crippen molar-refractivity contribution in [3.8, 4) is 23.1 Å². The number of carbonyl (C=O) groups is 2. The van der Waals surface area contributed by atoms with Crippen LogP contribution in [0.4, 0.5) is 27.9 Å². The largest absolute Gasteiger partial charge is 0.497 e. The van der Waals surface area contributed by atoms with Gasteiger partial charge in [-0.05, 0) is 49.2 Å². The fourth-order valence-corrected chi connectivity index (χ4v) is 5.96. The number of rotatable bonds is 10. The number of hydrogen-bond acceptors (Lipinski definition) is 9. The number of aryl methyl sites for hydroxylation is 1. The first-order valence-corrected chi connectivity index (χ1v) is 17.3. The maximum Gasteiger partial charge on any atom is 0.324 e. The van der Waals surface area contributed by atoms with Gasteiger partial charge in [-0.1, -0.05) is 55.8 Å². The number of nitrogens with zero attached hydrogens (tertiary/aromatic N) is 5. The summed E-state index contributed by atoms with van der Waals surface area (Å²) in [7, 11) is 1.55. The minimum Gasteiger partial charge on any atom is -0.497 e. The van der Waals surface area contributed by atoms with Gasteiger partial charge in [0.05, 0.1) is 37.4 Å². The number of nitrogens with one attached hydrogen (secondary N) is 3. The minimum atomic E-state index is -0.411. The van der Waals surface area contributed by atoms with Crippen molar-refractivity contribution in [2.75, 3.05) is 49.4 Å². The second-order valence-corrected chi connectivity index (χ2v) is 12.9. The van der Waals surface area contributed by atoms with E-state index in [1.54, 1.807) is 59.3 Å². The molecule has 2 aromatic heterocycles. The Hall–Kier alpha value is -6.47. The van der Waals surface area contributed by atoms with Crippen LogP contribution >= 0.6 is 0 Å². The number of fused-ring (bicyclic) bond motifs is 1. The van der Waals surface area contributed by atoms with E-state index < -0.39 is 6.03 Å². The van der Waals surface area contributed by atoms with Gasteiger partial charge in [-0.2, -0.15) is 10.1 Å². The molecule has 4 aromatic carbocycles. The number of hydrogen-bond donors (Lipinski definition) is 3. The normalized spacial score (nSPS) is 12.8. The van der Waals surface area contributed by atoms with Crippen LogP contribution in [0.3, 0.4) is 0 Å². The Bertz CT molecular complexity index is 2260. The Labute approximate surface area is 306 Å². The molecule has 13 nitrogen and oxygen atoms in total. The highest BCUT2D eigenvalue weighted by Crippen LogP contribution is 2.35. The van der Waals surface area contributed by atoms with Crippen molar-refractivity contribution in [3.05, 3.63) is 114 Å². The van der Waals surface area contributed by atoms with Gasteiger partial charge in [-0.25, -0.2) is 14.5 Å². The van der Waals surface area contributed by atoms with Crippen molar-refractivity contribution < 1.29 is 23.8 Å². The Morgan fingerprint density at radius 1 is 0.887 bits per heavy atom. The number of methoxy groups -OCH3 is 1. The third-order valence-electron chi connectivity index (χ3n) is 8.76. The van der Waals surface area contributed by atoms with Gasteiger partial charge in [0.2, 0.25) is 11.8 Å². The summed E-state index contributed by atoms with van der Waals surface area (Å²) in [4.78, 5) is 37.3. The van der Waals surface area contributed by atoms with Gasteiger partial charge in [0.25, 0.3) is 5.91 Å². The molecule has 1 fully saturated rings. The third-order valence-corrected chi connectivity index (χ3v) is 8.76. The lowest BCUT2D eigenvalue weighted by atomic mass is 10.1. The summed E-state index contributed by atoms with van der Waals surface area (Å²) < 4.78 is 18.9. The van der Waals surface area contributed by atoms with E-state index in [9.17, 15) is 9.59 Å². The number of urea groups is 1. The molecule has 0 spiro atoms. The van der Waals surface area contributed by atoms with Crippen LogP contribution in [0, 0.1) is 6.92 Å². The van der Waals surface area contributed by atoms with Crippen LogP contribution in [-0.4, -0.2) is 70.0 Å². The van der Waals surface area contributed by atoms with E-state index >= 15 is 0 Å². The van der Waals surface area contributed by atoms with Gasteiger partial charge in [0, 0.05) is 59.5 Å². The number of carbonyl (C=O) groups excluding carboxylic acids is 2. The van der Waals surface area contributed by atoms with Gasteiger partial charge >= 0.3 is 6.03 Å². The number of anilines is 4. The summed E-state index contributed by atoms with van der Waals surface area (Å²) >= 11 is 0. The minimum absolute atomic E-state index is 0.107. The summed E-state index contributed by atoms with van der Waals surface area (Å²) in [6.45, 7) is 8.22. The third kappa shape index (κ3) is 8.05. The van der Waals surface area contributed by atoms with E-state index in [1.165, 1.54) is 0 Å². The van der Waals surface area contributed by atoms with E-state index in [4.69, 9.17) is 19.3 Å². The topological polar surface area (TPSA) is 145 Å². The second kappa shape index (κ2) is 15.4. The summed E-state index contributed by atoms with van der Waals surface area (Å²) in [5.41, 5.74) is 4.50. The van der Waals surface area contributed by atoms with Crippen LogP contribution < -0.4 is 25.4 Å². The molecule has 0 unspecified atom stereocenters. The monoisotopic (exact) mass is 712 g/mol. The van der Waals surface area contributed by atoms with Crippen LogP contribution in [0.1, 0.15) is 41.4 Å². The van der Waals surface area contributed by atoms with Crippen LogP contribution in [0.15, 0.2) is 97.2 Å². The summed E-state index contributed by atoms with van der Waals surface area (Å²) in [5.74, 6) is 2.25. The maximum atomic E-state index is 13.4. The molecule has 13 heteroatoms. The molecule has 1 saturated heterocycles. The molecule has 6 aromatic rings. The van der Waals surface area contributed by atoms with Crippen LogP contribution in [0.5, 0.6) is 17.4 Å². The van der Waals surface area contributed by atoms with Crippen molar-refractivity contribution in [1.29, 1.82) is 0 Å². The quantitative estimate of drug-likeness (QED) is 0.129. The van der Waals surface area contributed by atoms with Crippen LogP contribution in [0.25, 0.3) is 16.5 Å². The highest BCUT2D eigenvalue weighted by molar-refractivity contribution is 6.07. The fourth-order valence-electron chi connectivity index (χ4n) is 5.96. The Morgan fingerprint density at radius 2 is 1.66 bits per heavy atom. The van der Waals surface area contributed by atoms with E-state index in [1.807, 2.05) is 61.5 Å². The van der Waals surface area contributed by atoms with Gasteiger partial charge < -0.3 is 29.7 Å². The Kier molecular flexibility index (Phi) is 10.2. The van der Waals surface area contributed by atoms with Crippen LogP contribution in [-0.2, 0) is 4.74 Å². The lowest BCUT2D eigenvalue weighted by Crippen LogP contribution is -2.40. The van der Waals surface area contributed by atoms with Crippen LogP contribution in [0.2, 0.25) is 0 Å². The van der Waals surface area contributed by atoms with Gasteiger partial charge in [0.15, 0.2) is 0 Å². The maximum absolute atomic E-state index is 13.4. The smallest absolute Gasteiger partial charge is 0.324 e. The Morgan fingerprint density at radius 3 is 2.42 bits per heavy atom. The zero-order chi connectivity index (χ0) is 36.9. The molecular weight excluding hydrogens is 672 g/mol. The zero-order valence-electron chi connectivity index (χ0n) is 29.9. The number of amides is 3. The molecular formula is C40H40N8O5. The Balaban J connectivity index is 1.08. The SMILES string of the molecule is COc1cc(Nc2nccc(Oc3ccc(NC(=O)Nc4cc(C(C)C)nn4-c4ccc(C)cc4)c4ccccc34)n2)cc(C(=O)N2CCOCC2)c1. The van der Waals surface area contributed by atoms with Gasteiger partial charge in [0.1, 0.15) is 17.3 Å². The van der Waals surface area contributed by atoms with Gasteiger partial charge in [-0.3, -0.25) is 10.1 Å². The number of benzene rings is 4. The van der Waals surface area contributed by atoms with E-state index in [0.717, 1.165) is 27.7 Å². The molecule has 3 N–H and O–H groups in total. The average Bonchev–Trinajstić information content (AvgIpc) is 3.60. The summed E-state index contributed by atoms with van der Waals surface area (Å²) in [6, 6.07) is 27.5. The first kappa shape index (κ1) is 35.0. The molecule has 53 heavy (non-hydrogen) atoms. The molecule has 0 bridgehead atoms. The number of morpholine rings is 1. The molecule has 3 amide bonds. The number of ether oxygens (including phenoxy) is 3. The van der Waals surface area contributed by atoms with Crippen molar-refractivity contribution in [2.45, 2.75) is 26.7 Å². The highest BCUT2D eigenvalue weighted by Gasteiger charge is 2.21. The van der Waals surface area contributed by atoms with E-state index in [0.29, 0.717) is 66.4 Å². The van der Waals surface area contributed by atoms with Crippen molar-refractivity contribution in [1.82, 2.24) is 24.6 Å². The molecule has 7 rings (SSSR count). The first-order chi connectivity index (χ1) is 25.7. The van der Waals surface area contributed by atoms with E-state index in [-0.39, 0.29) is 17.8 Å². The molecule has 0 atom stereocenters. The van der Waals surface area contributed by atoms with Crippen molar-refractivity contribution in [2.24, 2.45) is 0 Å². The van der Waals surface area contributed by atoms with E-state index in [2.05, 4.69) is 39.8 Å². The molecule has 0 saturated carbocycles. The standard InChI is InChI=1S/C40H40N8O5/c1-25(2)34-24-36(48(46-34)29-11-9-26(3)10-12-29)44-40(50)43-33-13-14-35(32-8-6-5-7-31(32)33)53-37-15-16-41-39(45-37)42-28-21-27(22-30(23-28)51-4)38(49)47-17-19-52-20-18-47/h5-16,21-25H,17-20H2,1-4H3,(H,41,42,45)(H2,43,44,50). The predicted octanol–water partition coefficient (Wildman–Crippen LogP) is 7.91. The molecule has 1 aliphatic rings. The molecule has 270 valence electrons. The zero-order valence-corrected chi connectivity index (χ0v) is 29.9. The predicted molar refractivity (Wildman–Crippen MR) is 204 cm³/mol. The summed E-state index contributed by atoms with van der Waals surface area (Å²) in [6.07, 6.45) is 1.58. The fraction of sp³-hybridized carbons (Fsp3) is 0.225. The lowest BCUT2D eigenvalue weighted by Gasteiger charge is -2.27.